The topological polar surface area (TPSA) is 210 Å². The quantitative estimate of drug-likeness (QED) is 0.0375. The molecule has 7 heterocycles. The number of rotatable bonds is 10. The number of hydrogen-bond acceptors (Lipinski definition) is 16. The van der Waals surface area contributed by atoms with Crippen molar-refractivity contribution >= 4 is 245 Å². The number of carbonyl (C=O) groups excluding carboxylic acids is 2. The number of halogens is 2. The third kappa shape index (κ3) is 16.1. The summed E-state index contributed by atoms with van der Waals surface area (Å²) in [5, 5.41) is 31.8. The lowest BCUT2D eigenvalue weighted by molar-refractivity contribution is 0.111. The molecule has 0 unspecified atom stereocenters. The van der Waals surface area contributed by atoms with Gasteiger partial charge in [-0.1, -0.05) is 155 Å². The minimum atomic E-state index is -1.40. The van der Waals surface area contributed by atoms with Crippen molar-refractivity contribution in [2.75, 3.05) is 39.9 Å². The number of methoxy groups -OCH3 is 4. The highest BCUT2D eigenvalue weighted by Crippen LogP contribution is 2.45. The number of ether oxygens (including phenoxy) is 4. The first kappa shape index (κ1) is 80.0. The largest absolute Gasteiger partial charge is 0.497 e. The van der Waals surface area contributed by atoms with Crippen LogP contribution in [0.3, 0.4) is 0 Å². The van der Waals surface area contributed by atoms with Gasteiger partial charge in [0.05, 0.1) is 67.4 Å². The zero-order valence-corrected chi connectivity index (χ0v) is 71.0. The van der Waals surface area contributed by atoms with Crippen LogP contribution in [0.5, 0.6) is 23.0 Å². The van der Waals surface area contributed by atoms with Gasteiger partial charge in [-0.2, -0.15) is 0 Å². The van der Waals surface area contributed by atoms with Crippen LogP contribution in [0.4, 0.5) is 11.4 Å². The number of nitrogens with one attached hydrogen (secondary N) is 1. The van der Waals surface area contributed by atoms with Crippen molar-refractivity contribution in [2.45, 2.75) is 0 Å². The molecule has 14 nitrogen and oxygen atoms in total. The highest BCUT2D eigenvalue weighted by Gasteiger charge is 2.21. The lowest BCUT2D eigenvalue weighted by Crippen LogP contribution is -2.29. The van der Waals surface area contributed by atoms with Crippen molar-refractivity contribution in [1.82, 2.24) is 19.4 Å². The van der Waals surface area contributed by atoms with Gasteiger partial charge in [0.1, 0.15) is 34.5 Å². The highest BCUT2D eigenvalue weighted by molar-refractivity contribution is 9.10. The van der Waals surface area contributed by atoms with Gasteiger partial charge < -0.3 is 45.4 Å². The number of aromatic nitrogens is 4. The monoisotopic (exact) mass is 1760 g/mol. The van der Waals surface area contributed by atoms with Crippen LogP contribution in [0, 0.1) is 0 Å². The average Bonchev–Trinajstić information content (AvgIpc) is 1.57. The van der Waals surface area contributed by atoms with Gasteiger partial charge in [-0.3, -0.25) is 14.0 Å². The Balaban J connectivity index is 0.000000112. The van der Waals surface area contributed by atoms with Gasteiger partial charge >= 0.3 is 7.12 Å². The van der Waals surface area contributed by atoms with Gasteiger partial charge in [-0.25, -0.2) is 9.97 Å². The standard InChI is InChI=1S/C26H16N2OS.C26H18N2OS.C20H14O2S.C12H9BO2S.C8H7BrO2.C6H8N2.BrH/c1-29-15-10-11-16-17-12-13-23-24(18-6-2-5-9-22(18)30-23)25(17)28-21-8-4-3-7-20(21)27-26(28)19(16)14-15;1-29-17-11-12-18(21(15-17)26-27-22-7-3-4-8-23(22)28-26)16-10-13-25-20(14-16)19-6-2-5-9-24(19)30-25;1-22-15-7-8-16(14(10-15)12-21)13-6-9-20-18(11-13)17-4-2-3-5-19(17)23-20;14-13(15)8-5-6-12-10(7-8)9-3-1-2-4-11(9)16-12;1-11-7-2-3-8(9)6(4-7)5-10;7-5-3-1-2-4-6(5)8;/h2-14H,1H3;2-15H,1H3,(H,27,28);2-12H,1H3;1-7,14-15H;2-5H,1H3;1-4H,7-8H2;1H. The zero-order chi connectivity index (χ0) is 81.1. The summed E-state index contributed by atoms with van der Waals surface area (Å²) in [6.07, 6.45) is 1.67. The average molecular weight is 1760 g/mol. The van der Waals surface area contributed by atoms with Crippen LogP contribution in [0.25, 0.3) is 164 Å². The van der Waals surface area contributed by atoms with E-state index in [0.29, 0.717) is 39.5 Å². The summed E-state index contributed by atoms with van der Waals surface area (Å²) in [4.78, 5) is 35.2. The normalized spacial score (nSPS) is 11.1. The number of para-hydroxylation sites is 6. The van der Waals surface area contributed by atoms with Crippen LogP contribution in [0.1, 0.15) is 20.7 Å². The number of nitrogens with two attached hydrogens (primary N) is 2. The predicted octanol–water partition coefficient (Wildman–Crippen LogP) is 25.4. The first-order valence-electron chi connectivity index (χ1n) is 37.6. The van der Waals surface area contributed by atoms with Crippen LogP contribution in [-0.2, 0) is 0 Å². The smallest absolute Gasteiger partial charge is 0.488 e. The number of nitrogen functional groups attached to an aromatic ring is 2. The van der Waals surface area contributed by atoms with E-state index < -0.39 is 7.12 Å². The molecule has 0 bridgehead atoms. The van der Waals surface area contributed by atoms with E-state index in [1.807, 2.05) is 102 Å². The lowest BCUT2D eigenvalue weighted by atomic mass is 9.80. The molecule has 21 heteroatoms. The van der Waals surface area contributed by atoms with Crippen molar-refractivity contribution < 1.29 is 38.6 Å². The molecule has 22 aromatic rings. The van der Waals surface area contributed by atoms with Crippen molar-refractivity contribution in [3.05, 3.63) is 325 Å². The Kier molecular flexibility index (Phi) is 23.7. The molecule has 0 aliphatic carbocycles. The SMILES string of the molecule is Br.COc1ccc(-c2ccc3sc4ccccc4c3c2)c(-c2nc3ccccc3[nH]2)c1.COc1ccc(-c2ccc3sc4ccccc4c3c2)c(C=O)c1.COc1ccc(Br)c(C=O)c1.COc1ccc2c(c1)c1nc3ccccc3n1c1c2ccc2sc3ccccc3c21.Nc1ccccc1N.OB(O)c1ccc2sc3ccccc3c2c1. The molecule has 584 valence electrons. The molecular weight excluding hydrogens is 1690 g/mol. The van der Waals surface area contributed by atoms with E-state index in [-0.39, 0.29) is 17.0 Å². The molecule has 15 aromatic carbocycles. The first-order valence-corrected chi connectivity index (χ1v) is 41.7. The Labute approximate surface area is 718 Å². The zero-order valence-electron chi connectivity index (χ0n) is 64.4. The number of pyridine rings is 1. The fourth-order valence-corrected chi connectivity index (χ4v) is 19.6. The van der Waals surface area contributed by atoms with Crippen LogP contribution in [-0.4, -0.2) is 77.5 Å². The number of thiophene rings is 4. The van der Waals surface area contributed by atoms with Gasteiger partial charge in [-0.15, -0.1) is 62.3 Å². The number of fused-ring (bicyclic) bond motifs is 22. The van der Waals surface area contributed by atoms with Crippen molar-refractivity contribution in [3.63, 3.8) is 0 Å². The second-order valence-corrected chi connectivity index (χ2v) is 32.9. The van der Waals surface area contributed by atoms with Crippen LogP contribution >= 0.6 is 78.3 Å². The Morgan fingerprint density at radius 1 is 0.387 bits per heavy atom. The number of benzene rings is 15. The molecule has 0 saturated carbocycles. The molecule has 0 amide bonds. The number of carbonyl (C=O) groups is 2. The third-order valence-corrected chi connectivity index (χ3v) is 26.0. The van der Waals surface area contributed by atoms with Crippen LogP contribution in [0.2, 0.25) is 0 Å². The summed E-state index contributed by atoms with van der Waals surface area (Å²) >= 11 is 10.4. The molecule has 0 aliphatic rings. The maximum absolute atomic E-state index is 11.4. The number of imidazole rings is 2. The summed E-state index contributed by atoms with van der Waals surface area (Å²) in [7, 11) is 5.18. The molecule has 0 saturated heterocycles. The van der Waals surface area contributed by atoms with Gasteiger partial charge in [0.25, 0.3) is 0 Å². The number of anilines is 2. The second-order valence-electron chi connectivity index (χ2n) is 27.7. The van der Waals surface area contributed by atoms with Crippen molar-refractivity contribution in [2.24, 2.45) is 0 Å². The number of H-pyrrole nitrogens is 1. The number of hydrogen-bond donors (Lipinski definition) is 5. The van der Waals surface area contributed by atoms with E-state index in [0.717, 1.165) is 95.1 Å². The fraction of sp³-hybridized carbons (Fsp3) is 0.0408. The molecule has 0 radical (unpaired) electrons. The predicted molar refractivity (Wildman–Crippen MR) is 511 cm³/mol. The van der Waals surface area contributed by atoms with Crippen LogP contribution < -0.4 is 35.9 Å². The van der Waals surface area contributed by atoms with E-state index in [9.17, 15) is 9.59 Å². The number of aldehydes is 2. The van der Waals surface area contributed by atoms with Gasteiger partial charge in [0.15, 0.2) is 12.6 Å². The van der Waals surface area contributed by atoms with E-state index in [1.54, 1.807) is 93.6 Å². The summed E-state index contributed by atoms with van der Waals surface area (Å²) in [5.41, 5.74) is 25.5. The van der Waals surface area contributed by atoms with E-state index in [2.05, 4.69) is 213 Å². The number of nitrogens with zero attached hydrogens (tertiary/aromatic N) is 3. The molecule has 119 heavy (non-hydrogen) atoms. The minimum absolute atomic E-state index is 0. The maximum Gasteiger partial charge on any atom is 0.488 e. The Morgan fingerprint density at radius 3 is 1.41 bits per heavy atom. The summed E-state index contributed by atoms with van der Waals surface area (Å²) < 4.78 is 34.5. The minimum Gasteiger partial charge on any atom is -0.497 e. The molecule has 0 aliphatic heterocycles. The molecule has 22 rings (SSSR count). The van der Waals surface area contributed by atoms with Crippen molar-refractivity contribution in [3.8, 4) is 56.6 Å². The van der Waals surface area contributed by atoms with Gasteiger partial charge in [0.2, 0.25) is 0 Å². The van der Waals surface area contributed by atoms with E-state index in [4.69, 9.17) is 50.4 Å². The molecule has 7 aromatic heterocycles. The van der Waals surface area contributed by atoms with Crippen LogP contribution in [0.15, 0.2) is 314 Å². The maximum atomic E-state index is 11.4. The number of aromatic amines is 1. The molecule has 0 spiro atoms. The second kappa shape index (κ2) is 35.2. The van der Waals surface area contributed by atoms with E-state index >= 15 is 0 Å². The van der Waals surface area contributed by atoms with Gasteiger partial charge in [0, 0.05) is 107 Å². The Bertz CT molecular complexity index is 7530. The first-order chi connectivity index (χ1) is 57.8. The van der Waals surface area contributed by atoms with Gasteiger partial charge in [-0.05, 0) is 208 Å². The summed E-state index contributed by atoms with van der Waals surface area (Å²) in [6, 6.07) is 104. The Morgan fingerprint density at radius 2 is 0.832 bits per heavy atom. The molecule has 0 fully saturated rings. The summed E-state index contributed by atoms with van der Waals surface area (Å²) in [6.45, 7) is 0. The Hall–Kier alpha value is -12.8. The molecule has 7 N–H and O–H groups in total. The van der Waals surface area contributed by atoms with E-state index in [1.165, 1.54) is 97.2 Å². The molecular formula is C98H73BBr2N6O8S4. The summed E-state index contributed by atoms with van der Waals surface area (Å²) in [5.74, 6) is 3.89. The lowest BCUT2D eigenvalue weighted by Gasteiger charge is -2.11. The van der Waals surface area contributed by atoms with Crippen molar-refractivity contribution in [1.29, 1.82) is 0 Å². The molecule has 0 atom stereocenters. The highest BCUT2D eigenvalue weighted by atomic mass is 79.9. The fourth-order valence-electron chi connectivity index (χ4n) is 14.9. The third-order valence-electron chi connectivity index (χ3n) is 20.7.